The van der Waals surface area contributed by atoms with Gasteiger partial charge < -0.3 is 0 Å². The highest BCUT2D eigenvalue weighted by Crippen LogP contribution is 2.13. The number of aryl methyl sites for hydroxylation is 11. The Bertz CT molecular complexity index is 1900. The average Bonchev–Trinajstić information content (AvgIpc) is 2.82. The number of nitrogens with zero attached hydrogens (tertiary/aromatic N) is 9. The summed E-state index contributed by atoms with van der Waals surface area (Å²) in [6.45, 7) is 86.4. The Hall–Kier alpha value is -6.69. The van der Waals surface area contributed by atoms with Crippen molar-refractivity contribution < 1.29 is 0 Å². The molecule has 0 amide bonds. The van der Waals surface area contributed by atoms with Crippen molar-refractivity contribution in [2.75, 3.05) is 0 Å². The van der Waals surface area contributed by atoms with Gasteiger partial charge in [-0.15, -0.1) is 22.7 Å². The molecule has 9 rings (SSSR count). The third-order valence-corrected chi connectivity index (χ3v) is 9.66. The van der Waals surface area contributed by atoms with Crippen LogP contribution in [0, 0.1) is 76.2 Å². The molecule has 8 heterocycles. The van der Waals surface area contributed by atoms with Crippen LogP contribution in [0.3, 0.4) is 0 Å². The highest BCUT2D eigenvalue weighted by atomic mass is 32.1. The Morgan fingerprint density at radius 2 is 0.557 bits per heavy atom. The van der Waals surface area contributed by atoms with Crippen LogP contribution in [-0.2, 0) is 0 Å². The Kier molecular flexibility index (Phi) is 218. The van der Waals surface area contributed by atoms with E-state index in [0.717, 1.165) is 22.8 Å². The van der Waals surface area contributed by atoms with Crippen LogP contribution in [0.5, 0.6) is 0 Å². The molecule has 0 N–H and O–H groups in total. The van der Waals surface area contributed by atoms with Crippen LogP contribution in [-0.4, -0.2) is 44.9 Å². The second-order valence-electron chi connectivity index (χ2n) is 13.6. The zero-order valence-corrected chi connectivity index (χ0v) is 72.3. The van der Waals surface area contributed by atoms with Gasteiger partial charge in [0, 0.05) is 83.1 Å². The quantitative estimate of drug-likeness (QED) is 0.146. The molecule has 0 radical (unpaired) electrons. The number of pyridine rings is 3. The molecule has 11 heteroatoms. The lowest BCUT2D eigenvalue weighted by Gasteiger charge is -1.82. The maximum atomic E-state index is 3.98. The molecule has 0 aliphatic heterocycles. The maximum Gasteiger partial charge on any atom is 0.125 e. The van der Waals surface area contributed by atoms with Crippen LogP contribution >= 0.6 is 22.7 Å². The predicted octanol–water partition coefficient (Wildman–Crippen LogP) is 30.9. The van der Waals surface area contributed by atoms with Gasteiger partial charge in [0.15, 0.2) is 0 Å². The van der Waals surface area contributed by atoms with Gasteiger partial charge in [0.1, 0.15) is 18.5 Å². The number of hydrogen-bond acceptors (Lipinski definition) is 11. The second-order valence-corrected chi connectivity index (χ2v) is 15.8. The van der Waals surface area contributed by atoms with E-state index < -0.39 is 0 Å². The molecule has 8 aromatic heterocycles. The van der Waals surface area contributed by atoms with E-state index in [-0.39, 0.29) is 14.9 Å². The lowest BCUT2D eigenvalue weighted by Crippen LogP contribution is -1.80. The zero-order valence-electron chi connectivity index (χ0n) is 70.7. The van der Waals surface area contributed by atoms with E-state index in [1.54, 1.807) is 84.5 Å². The number of aromatic nitrogens is 9. The summed E-state index contributed by atoms with van der Waals surface area (Å²) < 4.78 is 0. The van der Waals surface area contributed by atoms with E-state index in [0.29, 0.717) is 0 Å². The fraction of sp³-hybridized carbons (Fsp3) is 0.523. The van der Waals surface area contributed by atoms with Crippen LogP contribution in [0.4, 0.5) is 0 Å². The Morgan fingerprint density at radius 1 is 0.227 bits per heavy atom. The molecule has 0 bridgehead atoms. The molecule has 0 aliphatic carbocycles. The van der Waals surface area contributed by atoms with Gasteiger partial charge in [-0.1, -0.05) is 284 Å². The van der Waals surface area contributed by atoms with Crippen molar-refractivity contribution in [1.82, 2.24) is 44.9 Å². The Labute approximate surface area is 619 Å². The third kappa shape index (κ3) is 142. The van der Waals surface area contributed by atoms with E-state index in [1.165, 1.54) is 50.2 Å². The van der Waals surface area contributed by atoms with Gasteiger partial charge in [-0.25, -0.2) is 29.9 Å². The van der Waals surface area contributed by atoms with Crippen LogP contribution in [0.25, 0.3) is 0 Å². The first-order chi connectivity index (χ1) is 46.4. The van der Waals surface area contributed by atoms with Gasteiger partial charge in [0.25, 0.3) is 0 Å². The monoisotopic (exact) mass is 1390 g/mol. The summed E-state index contributed by atoms with van der Waals surface area (Å²) in [6.07, 6.45) is 20.7. The zero-order chi connectivity index (χ0) is 78.3. The molecular formula is C86H167N9S2. The summed E-state index contributed by atoms with van der Waals surface area (Å²) in [5, 5.41) is 4.23. The van der Waals surface area contributed by atoms with Crippen molar-refractivity contribution in [3.63, 3.8) is 0 Å². The highest BCUT2D eigenvalue weighted by molar-refractivity contribution is 7.10. The molecule has 0 saturated carbocycles. The number of thiophene rings is 2. The van der Waals surface area contributed by atoms with Gasteiger partial charge in [0.05, 0.1) is 0 Å². The second kappa shape index (κ2) is 154. The SMILES string of the molecule is C.C.CC.CC.CC.CC.CC.CC.CC.CC.CC.CC.CC.CC.CC.CC.CC.CC.Cc1ccccc1.Cc1ccccn1.Cc1cccnc1.Cc1ccncc1.Cc1ccncn1.Cc1ccsc1C.Cc1ccsc1C.Cc1cncnc1.Cc1ncccn1. The lowest BCUT2D eigenvalue weighted by atomic mass is 10.2. The normalized spacial score (nSPS) is 6.75. The maximum absolute atomic E-state index is 3.98. The first-order valence-electron chi connectivity index (χ1n) is 36.2. The molecule has 568 valence electrons. The molecule has 0 fully saturated rings. The van der Waals surface area contributed by atoms with Crippen LogP contribution in [0.2, 0.25) is 0 Å². The first-order valence-corrected chi connectivity index (χ1v) is 37.9. The van der Waals surface area contributed by atoms with Crippen LogP contribution in [0.15, 0.2) is 182 Å². The minimum atomic E-state index is 0. The highest BCUT2D eigenvalue weighted by Gasteiger charge is 1.88. The van der Waals surface area contributed by atoms with Gasteiger partial charge in [0.2, 0.25) is 0 Å². The summed E-state index contributed by atoms with van der Waals surface area (Å²) in [5.74, 6) is 0.822. The van der Waals surface area contributed by atoms with E-state index >= 15 is 0 Å². The van der Waals surface area contributed by atoms with E-state index in [4.69, 9.17) is 0 Å². The van der Waals surface area contributed by atoms with Crippen LogP contribution < -0.4 is 0 Å². The fourth-order valence-corrected chi connectivity index (χ4v) is 5.32. The summed E-state index contributed by atoms with van der Waals surface area (Å²) in [7, 11) is 0. The number of benzene rings is 1. The van der Waals surface area contributed by atoms with Crippen molar-refractivity contribution in [2.24, 2.45) is 0 Å². The predicted molar refractivity (Wildman–Crippen MR) is 461 cm³/mol. The number of rotatable bonds is 0. The molecule has 9 aromatic rings. The van der Waals surface area contributed by atoms with Crippen molar-refractivity contribution >= 4 is 22.7 Å². The van der Waals surface area contributed by atoms with Gasteiger partial charge in [-0.3, -0.25) is 15.0 Å². The van der Waals surface area contributed by atoms with Crippen molar-refractivity contribution in [1.29, 1.82) is 0 Å². The molecule has 0 spiro atoms. The van der Waals surface area contributed by atoms with Crippen LogP contribution in [0.1, 0.15) is 297 Å². The smallest absolute Gasteiger partial charge is 0.125 e. The van der Waals surface area contributed by atoms with E-state index in [2.05, 4.69) is 115 Å². The molecule has 0 aliphatic rings. The molecule has 1 aromatic carbocycles. The Balaban J connectivity index is -0.0000000429. The first kappa shape index (κ1) is 138. The van der Waals surface area contributed by atoms with E-state index in [9.17, 15) is 0 Å². The van der Waals surface area contributed by atoms with Crippen molar-refractivity contribution in [3.05, 3.63) is 243 Å². The minimum Gasteiger partial charge on any atom is -0.265 e. The van der Waals surface area contributed by atoms with Crippen molar-refractivity contribution in [2.45, 2.75) is 313 Å². The van der Waals surface area contributed by atoms with Crippen molar-refractivity contribution in [3.8, 4) is 0 Å². The van der Waals surface area contributed by atoms with Gasteiger partial charge in [-0.2, -0.15) is 0 Å². The summed E-state index contributed by atoms with van der Waals surface area (Å²) >= 11 is 3.61. The molecular weight excluding hydrogens is 1220 g/mol. The van der Waals surface area contributed by atoms with Gasteiger partial charge >= 0.3 is 0 Å². The van der Waals surface area contributed by atoms with Gasteiger partial charge in [-0.05, 0) is 169 Å². The molecule has 0 saturated heterocycles. The number of hydrogen-bond donors (Lipinski definition) is 0. The summed E-state index contributed by atoms with van der Waals surface area (Å²) in [6, 6.07) is 31.9. The van der Waals surface area contributed by atoms with E-state index in [1.807, 2.05) is 336 Å². The Morgan fingerprint density at radius 3 is 0.711 bits per heavy atom. The fourth-order valence-electron chi connectivity index (χ4n) is 3.86. The largest absolute Gasteiger partial charge is 0.265 e. The third-order valence-electron chi connectivity index (χ3n) is 7.76. The average molecular weight is 1390 g/mol. The molecule has 97 heavy (non-hydrogen) atoms. The summed E-state index contributed by atoms with van der Waals surface area (Å²) in [5.41, 5.74) is 9.79. The lowest BCUT2D eigenvalue weighted by molar-refractivity contribution is 1.05. The molecule has 0 atom stereocenters. The minimum absolute atomic E-state index is 0. The molecule has 9 nitrogen and oxygen atoms in total. The molecule has 0 unspecified atom stereocenters. The standard InChI is InChI=1S/C7H8.3C6H7N.2C6H8S.3C5H6N2.16C2H6.2CH4/c1-7-5-3-2-4-6-7;1-6-2-4-7-5-3-6;1-6-3-2-4-7-5-6;1-6-4-2-3-5-7-6;2*1-5-3-4-7-6(5)2;1-5-2-6-4-7-3-5;1-5-2-3-6-4-7-5;1-5-6-3-2-4-7-5;16*1-2;;/h2-6H,1H3;3*2-5H,1H3;2*3-4H,1-2H3;3*2-4H,1H3;16*1-2H3;2*1H4. The summed E-state index contributed by atoms with van der Waals surface area (Å²) in [4.78, 5) is 37.5. The topological polar surface area (TPSA) is 116 Å².